The van der Waals surface area contributed by atoms with Gasteiger partial charge >= 0.3 is 0 Å². The van der Waals surface area contributed by atoms with Gasteiger partial charge in [0.1, 0.15) is 11.4 Å². The minimum Gasteiger partial charge on any atom is -0.494 e. The number of nitrogens with one attached hydrogen (secondary N) is 1. The second-order valence-corrected chi connectivity index (χ2v) is 8.15. The van der Waals surface area contributed by atoms with Gasteiger partial charge in [-0.15, -0.1) is 0 Å². The van der Waals surface area contributed by atoms with Crippen LogP contribution in [0.2, 0.25) is 0 Å². The topological polar surface area (TPSA) is 67.9 Å². The molecule has 6 nitrogen and oxygen atoms in total. The highest BCUT2D eigenvalue weighted by Gasteiger charge is 2.38. The largest absolute Gasteiger partial charge is 0.494 e. The van der Waals surface area contributed by atoms with Gasteiger partial charge in [0.2, 0.25) is 0 Å². The van der Waals surface area contributed by atoms with E-state index < -0.39 is 0 Å². The van der Waals surface area contributed by atoms with Gasteiger partial charge in [-0.2, -0.15) is 0 Å². The number of hydrogen-bond donors (Lipinski definition) is 1. The summed E-state index contributed by atoms with van der Waals surface area (Å²) in [6.45, 7) is 9.39. The molecule has 0 fully saturated rings. The first kappa shape index (κ1) is 23.5. The molecule has 0 saturated heterocycles. The molecule has 6 heteroatoms. The zero-order chi connectivity index (χ0) is 23.1. The van der Waals surface area contributed by atoms with E-state index in [2.05, 4.69) is 5.32 Å². The molecule has 0 bridgehead atoms. The van der Waals surface area contributed by atoms with Gasteiger partial charge in [-0.3, -0.25) is 14.5 Å². The van der Waals surface area contributed by atoms with Gasteiger partial charge in [0.25, 0.3) is 11.8 Å². The van der Waals surface area contributed by atoms with E-state index >= 15 is 0 Å². The van der Waals surface area contributed by atoms with Gasteiger partial charge in [-0.25, -0.2) is 0 Å². The van der Waals surface area contributed by atoms with E-state index in [0.29, 0.717) is 43.0 Å². The molecule has 0 aliphatic carbocycles. The molecule has 1 heterocycles. The average molecular weight is 437 g/mol. The first-order valence-corrected chi connectivity index (χ1v) is 11.2. The number of aryl methyl sites for hydroxylation is 1. The van der Waals surface area contributed by atoms with Gasteiger partial charge in [0.15, 0.2) is 0 Å². The lowest BCUT2D eigenvalue weighted by Crippen LogP contribution is -2.34. The molecule has 32 heavy (non-hydrogen) atoms. The number of ether oxygens (including phenoxy) is 2. The second kappa shape index (κ2) is 11.0. The Morgan fingerprint density at radius 2 is 1.75 bits per heavy atom. The Morgan fingerprint density at radius 3 is 2.41 bits per heavy atom. The minimum atomic E-state index is -0.317. The average Bonchev–Trinajstić information content (AvgIpc) is 2.99. The fourth-order valence-corrected chi connectivity index (χ4v) is 3.51. The zero-order valence-electron chi connectivity index (χ0n) is 19.3. The van der Waals surface area contributed by atoms with Crippen LogP contribution in [-0.2, 0) is 14.3 Å². The normalized spacial score (nSPS) is 14.0. The number of anilines is 1. The van der Waals surface area contributed by atoms with Crippen LogP contribution in [0.1, 0.15) is 44.7 Å². The monoisotopic (exact) mass is 436 g/mol. The third-order valence-corrected chi connectivity index (χ3v) is 5.05. The van der Waals surface area contributed by atoms with E-state index in [1.165, 1.54) is 4.90 Å². The molecule has 170 valence electrons. The van der Waals surface area contributed by atoms with Crippen LogP contribution in [0.3, 0.4) is 0 Å². The summed E-state index contributed by atoms with van der Waals surface area (Å²) in [4.78, 5) is 27.9. The summed E-state index contributed by atoms with van der Waals surface area (Å²) >= 11 is 0. The summed E-state index contributed by atoms with van der Waals surface area (Å²) < 4.78 is 11.2. The first-order valence-electron chi connectivity index (χ1n) is 11.2. The number of amides is 2. The standard InChI is InChI=1S/C26H32N2O4/c1-5-15-32-22-12-10-20(11-13-22)23-24(27-21-9-6-8-19(4)17-21)26(30)28(25(23)29)14-7-16-31-18(2)3/h6,8-13,17-18,27H,5,7,14-16H2,1-4H3. The fourth-order valence-electron chi connectivity index (χ4n) is 3.51. The Morgan fingerprint density at radius 1 is 1.00 bits per heavy atom. The lowest BCUT2D eigenvalue weighted by molar-refractivity contribution is -0.137. The Hall–Kier alpha value is -3.12. The van der Waals surface area contributed by atoms with Crippen LogP contribution in [0.25, 0.3) is 5.57 Å². The third kappa shape index (κ3) is 5.77. The predicted octanol–water partition coefficient (Wildman–Crippen LogP) is 4.79. The van der Waals surface area contributed by atoms with E-state index in [4.69, 9.17) is 9.47 Å². The Kier molecular flexibility index (Phi) is 8.06. The van der Waals surface area contributed by atoms with Gasteiger partial charge in [0, 0.05) is 18.8 Å². The van der Waals surface area contributed by atoms with Gasteiger partial charge in [0.05, 0.1) is 18.3 Å². The van der Waals surface area contributed by atoms with Crippen molar-refractivity contribution in [2.75, 3.05) is 25.1 Å². The van der Waals surface area contributed by atoms with Crippen LogP contribution in [0.15, 0.2) is 54.2 Å². The van der Waals surface area contributed by atoms with E-state index in [9.17, 15) is 9.59 Å². The third-order valence-electron chi connectivity index (χ3n) is 5.05. The smallest absolute Gasteiger partial charge is 0.278 e. The number of rotatable bonds is 11. The Balaban J connectivity index is 1.88. The predicted molar refractivity (Wildman–Crippen MR) is 126 cm³/mol. The summed E-state index contributed by atoms with van der Waals surface area (Å²) in [5.41, 5.74) is 3.19. The van der Waals surface area contributed by atoms with Crippen molar-refractivity contribution in [2.45, 2.75) is 46.6 Å². The van der Waals surface area contributed by atoms with Crippen LogP contribution < -0.4 is 10.1 Å². The quantitative estimate of drug-likeness (QED) is 0.405. The van der Waals surface area contributed by atoms with Gasteiger partial charge in [-0.05, 0) is 69.0 Å². The number of carbonyl (C=O) groups is 2. The Bertz CT molecular complexity index is 980. The SMILES string of the molecule is CCCOc1ccc(C2=C(Nc3cccc(C)c3)C(=O)N(CCCOC(C)C)C2=O)cc1. The summed E-state index contributed by atoms with van der Waals surface area (Å²) in [5.74, 6) is 0.128. The summed E-state index contributed by atoms with van der Waals surface area (Å²) in [7, 11) is 0. The van der Waals surface area contributed by atoms with E-state index in [0.717, 1.165) is 23.4 Å². The zero-order valence-corrected chi connectivity index (χ0v) is 19.3. The van der Waals surface area contributed by atoms with Crippen molar-refractivity contribution in [3.63, 3.8) is 0 Å². The van der Waals surface area contributed by atoms with Crippen molar-refractivity contribution in [2.24, 2.45) is 0 Å². The van der Waals surface area contributed by atoms with Crippen molar-refractivity contribution >= 4 is 23.1 Å². The number of benzene rings is 2. The van der Waals surface area contributed by atoms with E-state index in [1.54, 1.807) is 0 Å². The molecule has 0 atom stereocenters. The number of hydrogen-bond acceptors (Lipinski definition) is 5. The molecule has 1 N–H and O–H groups in total. The maximum absolute atomic E-state index is 13.3. The van der Waals surface area contributed by atoms with Crippen molar-refractivity contribution in [1.29, 1.82) is 0 Å². The number of nitrogens with zero attached hydrogens (tertiary/aromatic N) is 1. The molecule has 0 saturated carbocycles. The van der Waals surface area contributed by atoms with Crippen molar-refractivity contribution in [3.8, 4) is 5.75 Å². The first-order chi connectivity index (χ1) is 15.4. The van der Waals surface area contributed by atoms with Gasteiger partial charge in [-0.1, -0.05) is 31.2 Å². The molecule has 0 radical (unpaired) electrons. The van der Waals surface area contributed by atoms with Crippen LogP contribution in [0.4, 0.5) is 5.69 Å². The molecule has 1 aliphatic rings. The Labute approximate surface area is 190 Å². The van der Waals surface area contributed by atoms with Crippen LogP contribution in [0.5, 0.6) is 5.75 Å². The maximum Gasteiger partial charge on any atom is 0.278 e. The van der Waals surface area contributed by atoms with Crippen LogP contribution in [-0.4, -0.2) is 42.6 Å². The maximum atomic E-state index is 13.3. The van der Waals surface area contributed by atoms with E-state index in [1.807, 2.05) is 76.2 Å². The molecular weight excluding hydrogens is 404 g/mol. The second-order valence-electron chi connectivity index (χ2n) is 8.15. The van der Waals surface area contributed by atoms with Crippen molar-refractivity contribution in [3.05, 3.63) is 65.4 Å². The van der Waals surface area contributed by atoms with Crippen molar-refractivity contribution < 1.29 is 19.1 Å². The fraction of sp³-hybridized carbons (Fsp3) is 0.385. The molecule has 0 aromatic heterocycles. The molecule has 1 aliphatic heterocycles. The molecule has 3 rings (SSSR count). The summed E-state index contributed by atoms with van der Waals surface area (Å²) in [5, 5.41) is 3.20. The summed E-state index contributed by atoms with van der Waals surface area (Å²) in [6.07, 6.45) is 1.62. The van der Waals surface area contributed by atoms with Crippen LogP contribution >= 0.6 is 0 Å². The van der Waals surface area contributed by atoms with Crippen molar-refractivity contribution in [1.82, 2.24) is 4.90 Å². The highest BCUT2D eigenvalue weighted by Crippen LogP contribution is 2.31. The molecule has 2 amide bonds. The molecule has 0 spiro atoms. The van der Waals surface area contributed by atoms with Crippen LogP contribution in [0, 0.1) is 6.92 Å². The molecule has 2 aromatic carbocycles. The number of carbonyl (C=O) groups excluding carboxylic acids is 2. The van der Waals surface area contributed by atoms with Gasteiger partial charge < -0.3 is 14.8 Å². The lowest BCUT2D eigenvalue weighted by atomic mass is 10.0. The molecule has 0 unspecified atom stereocenters. The molecule has 2 aromatic rings. The molecular formula is C26H32N2O4. The highest BCUT2D eigenvalue weighted by atomic mass is 16.5. The lowest BCUT2D eigenvalue weighted by Gasteiger charge is -2.16. The summed E-state index contributed by atoms with van der Waals surface area (Å²) in [6, 6.07) is 15.1. The minimum absolute atomic E-state index is 0.112. The highest BCUT2D eigenvalue weighted by molar-refractivity contribution is 6.36. The number of imide groups is 1. The van der Waals surface area contributed by atoms with E-state index in [-0.39, 0.29) is 17.9 Å².